The zero-order valence-corrected chi connectivity index (χ0v) is 18.2. The lowest BCUT2D eigenvalue weighted by Crippen LogP contribution is -2.50. The molecule has 176 valence electrons. The second-order valence-electron chi connectivity index (χ2n) is 9.86. The molecular weight excluding hydrogens is 440 g/mol. The first-order chi connectivity index (χ1) is 14.5. The Morgan fingerprint density at radius 3 is 2.10 bits per heavy atom. The summed E-state index contributed by atoms with van der Waals surface area (Å²) in [5, 5.41) is 8.20. The molecule has 4 rings (SSSR count). The van der Waals surface area contributed by atoms with Gasteiger partial charge in [0, 0.05) is 6.04 Å². The predicted molar refractivity (Wildman–Crippen MR) is 107 cm³/mol. The maximum Gasteiger partial charge on any atom is 0.391 e. The lowest BCUT2D eigenvalue weighted by Gasteiger charge is -2.45. The van der Waals surface area contributed by atoms with Crippen LogP contribution in [0.2, 0.25) is 0 Å². The molecule has 4 unspecified atom stereocenters. The van der Waals surface area contributed by atoms with E-state index in [2.05, 4.69) is 10.2 Å². The number of thiocarbonyl (C=S) groups is 1. The zero-order chi connectivity index (χ0) is 22.4. The van der Waals surface area contributed by atoms with Crippen LogP contribution in [0.5, 0.6) is 0 Å². The topological polar surface area (TPSA) is 28.0 Å². The normalized spacial score (nSPS) is 39.6. The van der Waals surface area contributed by atoms with Crippen LogP contribution in [-0.4, -0.2) is 34.6 Å². The Morgan fingerprint density at radius 2 is 1.45 bits per heavy atom. The van der Waals surface area contributed by atoms with Crippen LogP contribution in [0.15, 0.2) is 10.2 Å². The average Bonchev–Trinajstić information content (AvgIpc) is 3.06. The Labute approximate surface area is 184 Å². The number of nitrogens with zero attached hydrogens (tertiary/aromatic N) is 3. The van der Waals surface area contributed by atoms with Crippen molar-refractivity contribution in [1.82, 2.24) is 4.90 Å². The Kier molecular flexibility index (Phi) is 6.58. The molecule has 3 nitrogen and oxygen atoms in total. The Morgan fingerprint density at radius 1 is 0.839 bits per heavy atom. The van der Waals surface area contributed by atoms with Gasteiger partial charge in [0.2, 0.25) is 5.11 Å². The van der Waals surface area contributed by atoms with Crippen molar-refractivity contribution in [3.63, 3.8) is 0 Å². The second kappa shape index (κ2) is 8.78. The van der Waals surface area contributed by atoms with E-state index in [-0.39, 0.29) is 18.0 Å². The minimum Gasteiger partial charge on any atom is -0.319 e. The van der Waals surface area contributed by atoms with Gasteiger partial charge in [0.1, 0.15) is 6.17 Å². The third-order valence-corrected chi connectivity index (χ3v) is 8.35. The smallest absolute Gasteiger partial charge is 0.319 e. The van der Waals surface area contributed by atoms with Crippen LogP contribution < -0.4 is 0 Å². The quantitative estimate of drug-likeness (QED) is 0.321. The van der Waals surface area contributed by atoms with Gasteiger partial charge >= 0.3 is 12.4 Å². The predicted octanol–water partition coefficient (Wildman–Crippen LogP) is 7.27. The summed E-state index contributed by atoms with van der Waals surface area (Å²) in [6.45, 7) is 0. The van der Waals surface area contributed by atoms with Crippen LogP contribution in [0, 0.1) is 29.6 Å². The van der Waals surface area contributed by atoms with Gasteiger partial charge in [-0.1, -0.05) is 38.5 Å². The molecule has 3 aliphatic carbocycles. The number of fused-ring (bicyclic) bond motifs is 1. The van der Waals surface area contributed by atoms with E-state index in [0.29, 0.717) is 24.2 Å². The molecule has 10 heteroatoms. The highest BCUT2D eigenvalue weighted by Gasteiger charge is 2.54. The van der Waals surface area contributed by atoms with E-state index in [1.807, 2.05) is 0 Å². The average molecular weight is 470 g/mol. The van der Waals surface area contributed by atoms with Crippen LogP contribution >= 0.6 is 12.2 Å². The lowest BCUT2D eigenvalue weighted by molar-refractivity contribution is -0.228. The van der Waals surface area contributed by atoms with Gasteiger partial charge in [-0.15, -0.1) is 5.11 Å². The number of alkyl halides is 6. The first kappa shape index (κ1) is 23.2. The molecule has 0 aromatic carbocycles. The highest BCUT2D eigenvalue weighted by atomic mass is 32.1. The third-order valence-electron chi connectivity index (χ3n) is 8.06. The molecule has 0 amide bonds. The zero-order valence-electron chi connectivity index (χ0n) is 17.3. The highest BCUT2D eigenvalue weighted by molar-refractivity contribution is 7.80. The van der Waals surface area contributed by atoms with Crippen LogP contribution in [0.3, 0.4) is 0 Å². The number of azo groups is 1. The molecule has 0 saturated heterocycles. The van der Waals surface area contributed by atoms with Gasteiger partial charge in [-0.25, -0.2) is 0 Å². The SMILES string of the molecule is FC(F)(F)[C@@H]1CC(N2C(=S)N=NC2CC2CCC[C@@H]3CCCCC23)C[C@H](C(F)(F)F)C1. The fourth-order valence-electron chi connectivity index (χ4n) is 6.60. The molecule has 0 aromatic rings. The number of hydrogen-bond acceptors (Lipinski definition) is 2. The van der Waals surface area contributed by atoms with E-state index in [0.717, 1.165) is 19.3 Å². The van der Waals surface area contributed by atoms with E-state index < -0.39 is 42.8 Å². The molecule has 4 aliphatic rings. The fraction of sp³-hybridized carbons (Fsp3) is 0.952. The van der Waals surface area contributed by atoms with Crippen molar-refractivity contribution in [3.8, 4) is 0 Å². The Hall–Kier alpha value is -0.930. The molecule has 1 aliphatic heterocycles. The summed E-state index contributed by atoms with van der Waals surface area (Å²) in [7, 11) is 0. The summed E-state index contributed by atoms with van der Waals surface area (Å²) in [5.74, 6) is -2.33. The molecular formula is C21H29F6N3S. The first-order valence-corrected chi connectivity index (χ1v) is 11.8. The summed E-state index contributed by atoms with van der Waals surface area (Å²) in [5.41, 5.74) is 0. The lowest BCUT2D eigenvalue weighted by atomic mass is 9.64. The van der Waals surface area contributed by atoms with Crippen molar-refractivity contribution in [2.24, 2.45) is 39.8 Å². The van der Waals surface area contributed by atoms with Crippen molar-refractivity contribution in [2.75, 3.05) is 0 Å². The Bertz CT molecular complexity index is 670. The van der Waals surface area contributed by atoms with Crippen LogP contribution in [-0.2, 0) is 0 Å². The van der Waals surface area contributed by atoms with Gasteiger partial charge in [0.15, 0.2) is 0 Å². The van der Waals surface area contributed by atoms with Gasteiger partial charge in [0.25, 0.3) is 0 Å². The third kappa shape index (κ3) is 5.03. The summed E-state index contributed by atoms with van der Waals surface area (Å²) in [6.07, 6.45) is -2.72. The molecule has 0 radical (unpaired) electrons. The highest BCUT2D eigenvalue weighted by Crippen LogP contribution is 2.49. The standard InChI is InChI=1S/C21H29F6N3S/c22-20(23,24)14-9-15(21(25,26)27)11-16(10-14)30-18(28-29-19(30)31)8-13-6-3-5-12-4-1-2-7-17(12)13/h12-18H,1-11H2/t12-,13?,14-,15+,16?,17?,18?/m0/s1. The molecule has 3 fully saturated rings. The van der Waals surface area contributed by atoms with Gasteiger partial charge in [-0.05, 0) is 62.1 Å². The van der Waals surface area contributed by atoms with E-state index >= 15 is 0 Å². The van der Waals surface area contributed by atoms with Gasteiger partial charge in [-0.2, -0.15) is 31.5 Å². The maximum atomic E-state index is 13.5. The van der Waals surface area contributed by atoms with E-state index in [9.17, 15) is 26.3 Å². The molecule has 0 spiro atoms. The monoisotopic (exact) mass is 469 g/mol. The van der Waals surface area contributed by atoms with Gasteiger partial charge < -0.3 is 4.90 Å². The molecule has 1 heterocycles. The summed E-state index contributed by atoms with van der Waals surface area (Å²) < 4.78 is 80.7. The molecule has 0 aromatic heterocycles. The molecule has 0 bridgehead atoms. The van der Waals surface area contributed by atoms with Crippen molar-refractivity contribution >= 4 is 17.3 Å². The van der Waals surface area contributed by atoms with Crippen LogP contribution in [0.4, 0.5) is 26.3 Å². The molecule has 31 heavy (non-hydrogen) atoms. The number of halogens is 6. The van der Waals surface area contributed by atoms with Crippen LogP contribution in [0.25, 0.3) is 0 Å². The van der Waals surface area contributed by atoms with E-state index in [1.54, 1.807) is 0 Å². The maximum absolute atomic E-state index is 13.5. The minimum absolute atomic E-state index is 0.0368. The van der Waals surface area contributed by atoms with Crippen LogP contribution in [0.1, 0.15) is 70.6 Å². The Balaban J connectivity index is 1.51. The molecule has 0 N–H and O–H groups in total. The van der Waals surface area contributed by atoms with Crippen molar-refractivity contribution in [3.05, 3.63) is 0 Å². The number of rotatable bonds is 3. The summed E-state index contributed by atoms with van der Waals surface area (Å²) >= 11 is 5.25. The van der Waals surface area contributed by atoms with E-state index in [4.69, 9.17) is 12.2 Å². The molecule has 7 atom stereocenters. The number of hydrogen-bond donors (Lipinski definition) is 0. The second-order valence-corrected chi connectivity index (χ2v) is 10.2. The van der Waals surface area contributed by atoms with Crippen molar-refractivity contribution in [1.29, 1.82) is 0 Å². The fourth-order valence-corrected chi connectivity index (χ4v) is 6.91. The summed E-state index contributed by atoms with van der Waals surface area (Å²) in [6, 6.07) is -0.940. The van der Waals surface area contributed by atoms with Gasteiger partial charge in [0.05, 0.1) is 11.8 Å². The minimum atomic E-state index is -4.66. The summed E-state index contributed by atoms with van der Waals surface area (Å²) in [4.78, 5) is 1.51. The molecule has 3 saturated carbocycles. The first-order valence-electron chi connectivity index (χ1n) is 11.4. The van der Waals surface area contributed by atoms with E-state index in [1.165, 1.54) is 30.6 Å². The van der Waals surface area contributed by atoms with Gasteiger partial charge in [-0.3, -0.25) is 0 Å². The van der Waals surface area contributed by atoms with Crippen molar-refractivity contribution in [2.45, 2.75) is 95.2 Å². The van der Waals surface area contributed by atoms with Crippen molar-refractivity contribution < 1.29 is 26.3 Å². The largest absolute Gasteiger partial charge is 0.391 e.